The minimum absolute atomic E-state index is 0.878. The van der Waals surface area contributed by atoms with Gasteiger partial charge in [-0.3, -0.25) is 0 Å². The Bertz CT molecular complexity index is 8300. The van der Waals surface area contributed by atoms with Crippen molar-refractivity contribution < 1.29 is 4.42 Å². The van der Waals surface area contributed by atoms with Crippen LogP contribution in [0.1, 0.15) is 0 Å². The smallest absolute Gasteiger partial charge is 0.136 e. The molecule has 0 amide bonds. The van der Waals surface area contributed by atoms with Gasteiger partial charge in [0.1, 0.15) is 11.2 Å². The van der Waals surface area contributed by atoms with Crippen molar-refractivity contribution in [2.75, 3.05) is 9.80 Å². The third kappa shape index (κ3) is 13.2. The molecule has 0 bridgehead atoms. The molecule has 4 aromatic heterocycles. The molecular formula is C120H76N2OS3. The topological polar surface area (TPSA) is 19.6 Å². The van der Waals surface area contributed by atoms with Crippen LogP contribution in [0.3, 0.4) is 0 Å². The van der Waals surface area contributed by atoms with Crippen LogP contribution in [-0.2, 0) is 0 Å². The van der Waals surface area contributed by atoms with E-state index in [2.05, 4.69) is 459 Å². The van der Waals surface area contributed by atoms with Gasteiger partial charge in [-0.15, -0.1) is 34.0 Å². The highest BCUT2D eigenvalue weighted by Crippen LogP contribution is 2.54. The minimum atomic E-state index is 0.878. The number of fused-ring (bicyclic) bond motifs is 12. The van der Waals surface area contributed by atoms with E-state index in [4.69, 9.17) is 4.42 Å². The third-order valence-electron chi connectivity index (χ3n) is 25.1. The summed E-state index contributed by atoms with van der Waals surface area (Å²) in [6.45, 7) is 0. The zero-order valence-corrected chi connectivity index (χ0v) is 70.9. The van der Waals surface area contributed by atoms with Gasteiger partial charge in [0.05, 0.1) is 11.4 Å². The molecule has 0 atom stereocenters. The first-order chi connectivity index (χ1) is 62.4. The number of thiophene rings is 3. The summed E-state index contributed by atoms with van der Waals surface area (Å²) in [4.78, 5) is 4.92. The molecule has 0 radical (unpaired) electrons. The zero-order chi connectivity index (χ0) is 83.1. The Morgan fingerprint density at radius 3 is 1.01 bits per heavy atom. The lowest BCUT2D eigenvalue weighted by Gasteiger charge is -2.30. The van der Waals surface area contributed by atoms with Crippen molar-refractivity contribution in [2.24, 2.45) is 0 Å². The minimum Gasteiger partial charge on any atom is -0.456 e. The maximum absolute atomic E-state index is 6.44. The number of furan rings is 1. The van der Waals surface area contributed by atoms with Gasteiger partial charge in [0.25, 0.3) is 0 Å². The van der Waals surface area contributed by atoms with E-state index in [0.717, 1.165) is 134 Å². The molecule has 3 nitrogen and oxygen atoms in total. The molecule has 24 aromatic rings. The highest BCUT2D eigenvalue weighted by molar-refractivity contribution is 7.27. The fourth-order valence-corrected chi connectivity index (χ4v) is 22.5. The zero-order valence-electron chi connectivity index (χ0n) is 68.4. The number of hydrogen-bond acceptors (Lipinski definition) is 6. The Balaban J connectivity index is 0.597. The van der Waals surface area contributed by atoms with Crippen molar-refractivity contribution in [1.82, 2.24) is 0 Å². The second-order valence-corrected chi connectivity index (χ2v) is 35.7. The molecule has 126 heavy (non-hydrogen) atoms. The Morgan fingerprint density at radius 1 is 0.159 bits per heavy atom. The van der Waals surface area contributed by atoms with Crippen molar-refractivity contribution in [3.63, 3.8) is 0 Å². The number of para-hydroxylation sites is 1. The molecule has 0 N–H and O–H groups in total. The van der Waals surface area contributed by atoms with Crippen LogP contribution in [0.25, 0.3) is 205 Å². The SMILES string of the molecule is c1ccc(-c2ccccc2-c2c(-c3ccccc3)cccc2N(c2ccc(-c3ccc4c(c3)sc3ccc(-c5cc(-c6ccc(N(c7ccc(-c8ccc9c(c8)oc8ccccc89)cc7)c7cccc(-c8ccccc8)c7-c7ccccc7-c7ccccc7)cc6)cc6c5sc5ccccc56)cc34)cc2)c2ccc(-c3ccc4sc5ccccc5c4c3)cc2)cc1. The van der Waals surface area contributed by atoms with Gasteiger partial charge in [-0.2, -0.15) is 0 Å². The molecule has 0 spiro atoms. The molecule has 20 aromatic carbocycles. The van der Waals surface area contributed by atoms with Crippen LogP contribution in [0.4, 0.5) is 34.1 Å². The molecule has 0 saturated heterocycles. The standard InChI is InChI=1S/C120H76N2OS3/c1-5-25-81(26-6-1)94-33-13-15-38-103(94)118-96(83-29-9-3-10-30-83)40-23-42-109(118)121(90-59-47-77(48-60-90)85-57-69-115-106(71-85)100-36-18-21-45-113(100)124-115)92-63-51-79(52-64-92)87-56-68-102-107-72-88(58-70-116(107)125-117(102)76-87)105-73-89(74-108-101-37-19-22-46-114(101)126-120(105)108)80-53-65-93(66-54-80)122(91-61-49-78(50-62-91)86-55-67-99-98-35-17-20-44-111(98)123-112(99)75-86)110-43-24-41-97(84-31-11-4-12-32-84)119(110)104-39-16-14-34-95(104)82-27-7-2-8-28-82/h1-76H. The second kappa shape index (κ2) is 31.4. The number of rotatable bonds is 17. The number of hydrogen-bond donors (Lipinski definition) is 0. The number of anilines is 6. The highest BCUT2D eigenvalue weighted by Gasteiger charge is 2.27. The first kappa shape index (κ1) is 74.3. The molecule has 0 unspecified atom stereocenters. The Hall–Kier alpha value is -15.5. The summed E-state index contributed by atoms with van der Waals surface area (Å²) < 4.78 is 14.1. The normalized spacial score (nSPS) is 11.7. The average molecular weight is 1660 g/mol. The number of nitrogens with zero attached hydrogens (tertiary/aromatic N) is 2. The van der Waals surface area contributed by atoms with Gasteiger partial charge >= 0.3 is 0 Å². The molecule has 4 heterocycles. The summed E-state index contributed by atoms with van der Waals surface area (Å²) in [6.07, 6.45) is 0. The quantitative estimate of drug-likeness (QED) is 0.0906. The number of benzene rings is 20. The molecular weight excluding hydrogens is 1580 g/mol. The van der Waals surface area contributed by atoms with Crippen LogP contribution in [0.2, 0.25) is 0 Å². The van der Waals surface area contributed by atoms with E-state index in [1.165, 1.54) is 105 Å². The lowest BCUT2D eigenvalue weighted by Crippen LogP contribution is -2.12. The molecule has 0 fully saturated rings. The Morgan fingerprint density at radius 2 is 0.492 bits per heavy atom. The van der Waals surface area contributed by atoms with Crippen molar-refractivity contribution in [3.05, 3.63) is 461 Å². The van der Waals surface area contributed by atoms with Gasteiger partial charge in [0, 0.05) is 111 Å². The molecule has 0 saturated carbocycles. The molecule has 24 rings (SSSR count). The van der Waals surface area contributed by atoms with Gasteiger partial charge in [0.2, 0.25) is 0 Å². The van der Waals surface area contributed by atoms with Gasteiger partial charge in [-0.1, -0.05) is 328 Å². The van der Waals surface area contributed by atoms with Crippen molar-refractivity contribution in [2.45, 2.75) is 0 Å². The van der Waals surface area contributed by atoms with E-state index >= 15 is 0 Å². The molecule has 590 valence electrons. The summed E-state index contributed by atoms with van der Waals surface area (Å²) in [5.41, 5.74) is 33.6. The summed E-state index contributed by atoms with van der Waals surface area (Å²) in [7, 11) is 0. The highest BCUT2D eigenvalue weighted by atomic mass is 32.1. The molecule has 0 aliphatic rings. The molecule has 0 aliphatic heterocycles. The summed E-state index contributed by atoms with van der Waals surface area (Å²) in [5, 5.41) is 9.86. The van der Waals surface area contributed by atoms with Crippen LogP contribution >= 0.6 is 34.0 Å². The summed E-state index contributed by atoms with van der Waals surface area (Å²) >= 11 is 5.61. The maximum atomic E-state index is 6.44. The van der Waals surface area contributed by atoms with E-state index in [9.17, 15) is 0 Å². The molecule has 0 aliphatic carbocycles. The first-order valence-corrected chi connectivity index (χ1v) is 45.3. The van der Waals surface area contributed by atoms with Crippen LogP contribution in [0.15, 0.2) is 465 Å². The Kier molecular flexibility index (Phi) is 18.5. The van der Waals surface area contributed by atoms with Crippen LogP contribution in [0.5, 0.6) is 0 Å². The van der Waals surface area contributed by atoms with Crippen molar-refractivity contribution in [3.8, 4) is 122 Å². The third-order valence-corrected chi connectivity index (χ3v) is 28.7. The van der Waals surface area contributed by atoms with Gasteiger partial charge in [0.15, 0.2) is 0 Å². The first-order valence-electron chi connectivity index (χ1n) is 42.9. The van der Waals surface area contributed by atoms with Crippen LogP contribution in [-0.4, -0.2) is 0 Å². The lowest BCUT2D eigenvalue weighted by atomic mass is 9.87. The summed E-state index contributed by atoms with van der Waals surface area (Å²) in [6, 6.07) is 170. The van der Waals surface area contributed by atoms with Crippen LogP contribution in [0, 0.1) is 0 Å². The predicted octanol–water partition coefficient (Wildman–Crippen LogP) is 36.0. The molecule has 6 heteroatoms. The van der Waals surface area contributed by atoms with Crippen molar-refractivity contribution in [1.29, 1.82) is 0 Å². The lowest BCUT2D eigenvalue weighted by molar-refractivity contribution is 0.669. The fraction of sp³-hybridized carbons (Fsp3) is 0. The average Bonchev–Trinajstić information content (AvgIpc) is 1.04. The van der Waals surface area contributed by atoms with E-state index < -0.39 is 0 Å². The van der Waals surface area contributed by atoms with E-state index in [-0.39, 0.29) is 0 Å². The van der Waals surface area contributed by atoms with E-state index in [1.807, 2.05) is 46.1 Å². The Labute approximate surface area is 742 Å². The monoisotopic (exact) mass is 1660 g/mol. The fourth-order valence-electron chi connectivity index (χ4n) is 19.1. The second-order valence-electron chi connectivity index (χ2n) is 32.5. The van der Waals surface area contributed by atoms with E-state index in [0.29, 0.717) is 0 Å². The van der Waals surface area contributed by atoms with Gasteiger partial charge < -0.3 is 14.2 Å². The maximum Gasteiger partial charge on any atom is 0.136 e. The van der Waals surface area contributed by atoms with Gasteiger partial charge in [-0.05, 0) is 239 Å². The van der Waals surface area contributed by atoms with E-state index in [1.54, 1.807) is 0 Å². The van der Waals surface area contributed by atoms with Crippen LogP contribution < -0.4 is 9.80 Å². The van der Waals surface area contributed by atoms with Gasteiger partial charge in [-0.25, -0.2) is 0 Å². The largest absolute Gasteiger partial charge is 0.456 e. The summed E-state index contributed by atoms with van der Waals surface area (Å²) in [5.74, 6) is 0. The predicted molar refractivity (Wildman–Crippen MR) is 542 cm³/mol. The van der Waals surface area contributed by atoms with Crippen molar-refractivity contribution >= 4 is 151 Å².